The van der Waals surface area contributed by atoms with Crippen molar-refractivity contribution in [3.05, 3.63) is 29.8 Å². The number of carbonyl (C=O) groups is 2. The van der Waals surface area contributed by atoms with Crippen LogP contribution in [-0.4, -0.2) is 18.9 Å². The highest BCUT2D eigenvalue weighted by atomic mass is 16.5. The maximum absolute atomic E-state index is 12.2. The van der Waals surface area contributed by atoms with Crippen molar-refractivity contribution in [3.63, 3.8) is 0 Å². The van der Waals surface area contributed by atoms with Crippen LogP contribution in [0, 0.1) is 17.3 Å². The molecule has 4 heteroatoms. The minimum Gasteiger partial charge on any atom is -0.496 e. The van der Waals surface area contributed by atoms with Crippen molar-refractivity contribution in [2.45, 2.75) is 33.6 Å². The summed E-state index contributed by atoms with van der Waals surface area (Å²) in [5.74, 6) is 0.463. The highest BCUT2D eigenvalue weighted by Crippen LogP contribution is 2.43. The Balaban J connectivity index is 2.37. The zero-order chi connectivity index (χ0) is 15.6. The molecule has 4 nitrogen and oxygen atoms in total. The van der Waals surface area contributed by atoms with Gasteiger partial charge < -0.3 is 4.74 Å². The van der Waals surface area contributed by atoms with E-state index >= 15 is 0 Å². The van der Waals surface area contributed by atoms with Crippen molar-refractivity contribution >= 4 is 11.8 Å². The smallest absolute Gasteiger partial charge is 0.230 e. The van der Waals surface area contributed by atoms with Gasteiger partial charge >= 0.3 is 0 Å². The number of nitrogens with one attached hydrogen (secondary N) is 1. The fourth-order valence-electron chi connectivity index (χ4n) is 3.62. The lowest BCUT2D eigenvalue weighted by Crippen LogP contribution is -2.53. The summed E-state index contributed by atoms with van der Waals surface area (Å²) in [4.78, 5) is 24.1. The van der Waals surface area contributed by atoms with Crippen LogP contribution in [-0.2, 0) is 16.0 Å². The molecule has 1 heterocycles. The third kappa shape index (κ3) is 3.09. The second kappa shape index (κ2) is 5.88. The van der Waals surface area contributed by atoms with Gasteiger partial charge in [0, 0.05) is 12.3 Å². The molecule has 1 N–H and O–H groups in total. The van der Waals surface area contributed by atoms with E-state index in [1.54, 1.807) is 7.11 Å². The Morgan fingerprint density at radius 1 is 1.33 bits per heavy atom. The average molecular weight is 289 g/mol. The molecule has 2 unspecified atom stereocenters. The molecule has 0 spiro atoms. The Kier molecular flexibility index (Phi) is 4.35. The molecule has 2 amide bonds. The molecule has 0 radical (unpaired) electrons. The summed E-state index contributed by atoms with van der Waals surface area (Å²) < 4.78 is 5.40. The van der Waals surface area contributed by atoms with Gasteiger partial charge in [-0.25, -0.2) is 0 Å². The van der Waals surface area contributed by atoms with Crippen molar-refractivity contribution in [3.8, 4) is 5.75 Å². The van der Waals surface area contributed by atoms with Gasteiger partial charge in [0.2, 0.25) is 11.8 Å². The SMILES string of the molecule is COc1ccccc1CC1(C)CC(=O)NC(=O)C1C(C)C. The average Bonchev–Trinajstić information content (AvgIpc) is 2.37. The van der Waals surface area contributed by atoms with Gasteiger partial charge in [-0.05, 0) is 29.4 Å². The molecule has 21 heavy (non-hydrogen) atoms. The quantitative estimate of drug-likeness (QED) is 0.867. The molecule has 0 saturated carbocycles. The van der Waals surface area contributed by atoms with Crippen molar-refractivity contribution in [2.75, 3.05) is 7.11 Å². The van der Waals surface area contributed by atoms with Crippen LogP contribution in [0.3, 0.4) is 0 Å². The van der Waals surface area contributed by atoms with Crippen LogP contribution in [0.25, 0.3) is 0 Å². The number of imide groups is 1. The van der Waals surface area contributed by atoms with Gasteiger partial charge in [-0.3, -0.25) is 14.9 Å². The lowest BCUT2D eigenvalue weighted by Gasteiger charge is -2.42. The lowest BCUT2D eigenvalue weighted by atomic mass is 9.64. The Labute approximate surface area is 125 Å². The number of carbonyl (C=O) groups excluding carboxylic acids is 2. The van der Waals surface area contributed by atoms with Crippen LogP contribution in [0.1, 0.15) is 32.8 Å². The maximum Gasteiger partial charge on any atom is 0.230 e. The molecular weight excluding hydrogens is 266 g/mol. The Morgan fingerprint density at radius 3 is 2.62 bits per heavy atom. The molecule has 1 aromatic rings. The number of rotatable bonds is 4. The highest BCUT2D eigenvalue weighted by molar-refractivity contribution is 5.99. The summed E-state index contributed by atoms with van der Waals surface area (Å²) in [5, 5.41) is 2.47. The molecular formula is C17H23NO3. The topological polar surface area (TPSA) is 55.4 Å². The van der Waals surface area contributed by atoms with E-state index in [2.05, 4.69) is 5.32 Å². The minimum absolute atomic E-state index is 0.154. The van der Waals surface area contributed by atoms with E-state index in [-0.39, 0.29) is 29.1 Å². The summed E-state index contributed by atoms with van der Waals surface area (Å²) >= 11 is 0. The van der Waals surface area contributed by atoms with Gasteiger partial charge in [-0.2, -0.15) is 0 Å². The molecule has 2 rings (SSSR count). The lowest BCUT2D eigenvalue weighted by molar-refractivity contribution is -0.145. The van der Waals surface area contributed by atoms with Crippen LogP contribution in [0.2, 0.25) is 0 Å². The largest absolute Gasteiger partial charge is 0.496 e. The van der Waals surface area contributed by atoms with Crippen LogP contribution >= 0.6 is 0 Å². The summed E-state index contributed by atoms with van der Waals surface area (Å²) in [6.07, 6.45) is 1.01. The van der Waals surface area contributed by atoms with Gasteiger partial charge in [0.25, 0.3) is 0 Å². The molecule has 114 valence electrons. The molecule has 0 bridgehead atoms. The van der Waals surface area contributed by atoms with E-state index in [0.29, 0.717) is 12.8 Å². The fraction of sp³-hybridized carbons (Fsp3) is 0.529. The number of hydrogen-bond acceptors (Lipinski definition) is 3. The number of methoxy groups -OCH3 is 1. The van der Waals surface area contributed by atoms with E-state index in [4.69, 9.17) is 4.74 Å². The van der Waals surface area contributed by atoms with Crippen molar-refractivity contribution in [2.24, 2.45) is 17.3 Å². The second-order valence-electron chi connectivity index (χ2n) is 6.45. The molecule has 1 saturated heterocycles. The minimum atomic E-state index is -0.387. The van der Waals surface area contributed by atoms with Crippen molar-refractivity contribution in [1.82, 2.24) is 5.32 Å². The normalized spacial score (nSPS) is 25.9. The predicted octanol–water partition coefficient (Wildman–Crippen LogP) is 2.56. The number of piperidine rings is 1. The van der Waals surface area contributed by atoms with Crippen molar-refractivity contribution in [1.29, 1.82) is 0 Å². The predicted molar refractivity (Wildman–Crippen MR) is 80.9 cm³/mol. The van der Waals surface area contributed by atoms with E-state index in [9.17, 15) is 9.59 Å². The number of ether oxygens (including phenoxy) is 1. The van der Waals surface area contributed by atoms with Crippen LogP contribution in [0.4, 0.5) is 0 Å². The van der Waals surface area contributed by atoms with Gasteiger partial charge in [0.1, 0.15) is 5.75 Å². The first kappa shape index (κ1) is 15.5. The fourth-order valence-corrected chi connectivity index (χ4v) is 3.62. The Bertz CT molecular complexity index is 553. The van der Waals surface area contributed by atoms with Gasteiger partial charge in [0.05, 0.1) is 7.11 Å². The first-order valence-electron chi connectivity index (χ1n) is 7.33. The molecule has 1 aliphatic heterocycles. The van der Waals surface area contributed by atoms with E-state index in [1.807, 2.05) is 45.0 Å². The monoisotopic (exact) mass is 289 g/mol. The summed E-state index contributed by atoms with van der Waals surface area (Å²) in [5.41, 5.74) is 0.651. The first-order valence-corrected chi connectivity index (χ1v) is 7.33. The number of para-hydroxylation sites is 1. The number of amides is 2. The second-order valence-corrected chi connectivity index (χ2v) is 6.45. The zero-order valence-electron chi connectivity index (χ0n) is 13.1. The third-order valence-corrected chi connectivity index (χ3v) is 4.31. The Hall–Kier alpha value is -1.84. The zero-order valence-corrected chi connectivity index (χ0v) is 13.1. The van der Waals surface area contributed by atoms with E-state index in [1.165, 1.54) is 0 Å². The highest BCUT2D eigenvalue weighted by Gasteiger charge is 2.46. The molecule has 0 aromatic heterocycles. The molecule has 2 atom stereocenters. The third-order valence-electron chi connectivity index (χ3n) is 4.31. The van der Waals surface area contributed by atoms with Gasteiger partial charge in [-0.15, -0.1) is 0 Å². The Morgan fingerprint density at radius 2 is 2.00 bits per heavy atom. The maximum atomic E-state index is 12.2. The summed E-state index contributed by atoms with van der Waals surface area (Å²) in [6, 6.07) is 7.78. The van der Waals surface area contributed by atoms with Crippen LogP contribution < -0.4 is 10.1 Å². The van der Waals surface area contributed by atoms with Crippen molar-refractivity contribution < 1.29 is 14.3 Å². The van der Waals surface area contributed by atoms with Gasteiger partial charge in [-0.1, -0.05) is 39.0 Å². The van der Waals surface area contributed by atoms with E-state index in [0.717, 1.165) is 11.3 Å². The molecule has 1 aliphatic rings. The van der Waals surface area contributed by atoms with Crippen LogP contribution in [0.15, 0.2) is 24.3 Å². The summed E-state index contributed by atoms with van der Waals surface area (Å²) in [6.45, 7) is 6.09. The number of benzene rings is 1. The standard InChI is InChI=1S/C17H23NO3/c1-11(2)15-16(20)18-14(19)10-17(15,3)9-12-7-5-6-8-13(12)21-4/h5-8,11,15H,9-10H2,1-4H3,(H,18,19,20). The molecule has 0 aliphatic carbocycles. The molecule has 1 aromatic carbocycles. The number of hydrogen-bond donors (Lipinski definition) is 1. The first-order chi connectivity index (χ1) is 9.87. The molecule has 1 fully saturated rings. The van der Waals surface area contributed by atoms with Gasteiger partial charge in [0.15, 0.2) is 0 Å². The van der Waals surface area contributed by atoms with E-state index < -0.39 is 0 Å². The summed E-state index contributed by atoms with van der Waals surface area (Å²) in [7, 11) is 1.64. The van der Waals surface area contributed by atoms with Crippen LogP contribution in [0.5, 0.6) is 5.75 Å².